The van der Waals surface area contributed by atoms with Gasteiger partial charge in [0.1, 0.15) is 262 Å². The van der Waals surface area contributed by atoms with Crippen LogP contribution < -0.4 is 21.3 Å². The van der Waals surface area contributed by atoms with Crippen LogP contribution >= 0.6 is 0 Å². The van der Waals surface area contributed by atoms with E-state index < -0.39 is 428 Å². The largest absolute Gasteiger partial charge is 0.394 e. The number of carbonyl (C=O) groups is 4. The number of carbonyl (C=O) groups excluding carboxylic acids is 4. The van der Waals surface area contributed by atoms with Crippen molar-refractivity contribution >= 4 is 23.6 Å². The van der Waals surface area contributed by atoms with Gasteiger partial charge in [-0.2, -0.15) is 0 Å². The zero-order chi connectivity index (χ0) is 98.2. The van der Waals surface area contributed by atoms with Crippen LogP contribution in [0, 0.1) is 0 Å². The maximum absolute atomic E-state index is 13.5. The lowest BCUT2D eigenvalue weighted by Crippen LogP contribution is -2.71. The van der Waals surface area contributed by atoms with Gasteiger partial charge in [-0.05, 0) is 6.92 Å². The second-order valence-electron chi connectivity index (χ2n) is 33.6. The third kappa shape index (κ3) is 25.1. The van der Waals surface area contributed by atoms with E-state index in [2.05, 4.69) is 21.3 Å². The van der Waals surface area contributed by atoms with E-state index in [1.807, 2.05) is 0 Å². The van der Waals surface area contributed by atoms with E-state index in [0.29, 0.717) is 0 Å². The number of hydrogen-bond donors (Lipinski definition) is 35. The average Bonchev–Trinajstić information content (AvgIpc) is 0.766. The number of amides is 4. The van der Waals surface area contributed by atoms with Gasteiger partial charge >= 0.3 is 0 Å². The molecule has 0 saturated carbocycles. The Morgan fingerprint density at radius 3 is 0.932 bits per heavy atom. The van der Waals surface area contributed by atoms with Crippen molar-refractivity contribution in [3.05, 3.63) is 0 Å². The first-order valence-electron chi connectivity index (χ1n) is 42.4. The highest BCUT2D eigenvalue weighted by molar-refractivity contribution is 5.74. The summed E-state index contributed by atoms with van der Waals surface area (Å²) in [7, 11) is 0. The van der Waals surface area contributed by atoms with Crippen LogP contribution in [0.3, 0.4) is 0 Å². The average molecular weight is 1950 g/mol. The number of aliphatic hydroxyl groups is 31. The van der Waals surface area contributed by atoms with E-state index in [1.165, 1.54) is 6.92 Å². The number of aliphatic hydroxyl groups excluding tert-OH is 31. The molecule has 35 N–H and O–H groups in total. The smallest absolute Gasteiger partial charge is 0.217 e. The molecule has 10 rings (SSSR count). The van der Waals surface area contributed by atoms with E-state index in [1.54, 1.807) is 0 Å². The maximum atomic E-state index is 13.5. The summed E-state index contributed by atoms with van der Waals surface area (Å²) in [5, 5.41) is 353. The fraction of sp³-hybridized carbons (Fsp3) is 0.946. The summed E-state index contributed by atoms with van der Waals surface area (Å²) < 4.78 is 120. The van der Waals surface area contributed by atoms with E-state index in [9.17, 15) is 177 Å². The number of rotatable bonds is 38. The Morgan fingerprint density at radius 2 is 0.526 bits per heavy atom. The number of nitrogens with one attached hydrogen (secondary N) is 4. The molecule has 59 heteroatoms. The minimum atomic E-state index is -2.60. The molecule has 0 radical (unpaired) electrons. The second-order valence-corrected chi connectivity index (χ2v) is 33.6. The minimum Gasteiger partial charge on any atom is -0.394 e. The molecule has 10 fully saturated rings. The fourth-order valence-corrected chi connectivity index (χ4v) is 16.9. The molecule has 54 atom stereocenters. The Bertz CT molecular complexity index is 3570. The van der Waals surface area contributed by atoms with Gasteiger partial charge in [0, 0.05) is 27.7 Å². The van der Waals surface area contributed by atoms with Gasteiger partial charge in [0.15, 0.2) is 62.9 Å². The molecule has 10 aliphatic rings. The van der Waals surface area contributed by atoms with Crippen molar-refractivity contribution in [3.63, 3.8) is 0 Å². The zero-order valence-electron chi connectivity index (χ0n) is 71.6. The van der Waals surface area contributed by atoms with E-state index >= 15 is 0 Å². The van der Waals surface area contributed by atoms with Crippen LogP contribution in [0.4, 0.5) is 0 Å². The van der Waals surface area contributed by atoms with Crippen molar-refractivity contribution < 1.29 is 272 Å². The molecule has 0 unspecified atom stereocenters. The van der Waals surface area contributed by atoms with E-state index in [-0.39, 0.29) is 0 Å². The third-order valence-corrected chi connectivity index (χ3v) is 24.2. The Hall–Kier alpha value is -4.16. The molecule has 0 bridgehead atoms. The molecule has 0 aromatic rings. The van der Waals surface area contributed by atoms with Gasteiger partial charge in [-0.15, -0.1) is 0 Å². The predicted octanol–water partition coefficient (Wildman–Crippen LogP) is -23.7. The van der Waals surface area contributed by atoms with Gasteiger partial charge in [0.2, 0.25) is 23.6 Å². The second kappa shape index (κ2) is 49.0. The van der Waals surface area contributed by atoms with Crippen molar-refractivity contribution in [2.75, 3.05) is 72.7 Å². The Morgan fingerprint density at radius 1 is 0.256 bits per heavy atom. The number of ether oxygens (including phenoxy) is 20. The fourth-order valence-electron chi connectivity index (χ4n) is 16.9. The molecule has 59 nitrogen and oxygen atoms in total. The van der Waals surface area contributed by atoms with Gasteiger partial charge in [0.05, 0.1) is 78.8 Å². The van der Waals surface area contributed by atoms with Crippen LogP contribution in [0.5, 0.6) is 0 Å². The van der Waals surface area contributed by atoms with Crippen molar-refractivity contribution in [3.8, 4) is 0 Å². The summed E-state index contributed by atoms with van der Waals surface area (Å²) >= 11 is 0. The van der Waals surface area contributed by atoms with Crippen molar-refractivity contribution in [1.29, 1.82) is 0 Å². The van der Waals surface area contributed by atoms with Gasteiger partial charge in [-0.1, -0.05) is 0 Å². The van der Waals surface area contributed by atoms with Gasteiger partial charge in [-0.25, -0.2) is 0 Å². The van der Waals surface area contributed by atoms with Gasteiger partial charge in [0.25, 0.3) is 0 Å². The Balaban J connectivity index is 0.988. The normalized spacial score (nSPS) is 47.6. The van der Waals surface area contributed by atoms with E-state index in [0.717, 1.165) is 27.7 Å². The third-order valence-electron chi connectivity index (χ3n) is 24.2. The monoisotopic (exact) mass is 1950 g/mol. The molecule has 772 valence electrons. The molecular formula is C74H126N4O55. The molecule has 4 amide bonds. The van der Waals surface area contributed by atoms with Crippen LogP contribution in [0.15, 0.2) is 0 Å². The molecule has 0 aromatic heterocycles. The van der Waals surface area contributed by atoms with Crippen molar-refractivity contribution in [2.45, 2.75) is 366 Å². The highest BCUT2D eigenvalue weighted by Crippen LogP contribution is 2.41. The molecule has 0 aromatic carbocycles. The lowest BCUT2D eigenvalue weighted by Gasteiger charge is -2.51. The first-order chi connectivity index (χ1) is 62.9. The molecule has 0 aliphatic carbocycles. The van der Waals surface area contributed by atoms with Gasteiger partial charge < -0.3 is 274 Å². The van der Waals surface area contributed by atoms with Crippen LogP contribution in [-0.2, 0) is 114 Å². The van der Waals surface area contributed by atoms with Crippen LogP contribution in [0.2, 0.25) is 0 Å². The summed E-state index contributed by atoms with van der Waals surface area (Å²) in [6.45, 7) is -8.02. The molecule has 10 aliphatic heterocycles. The molecule has 0 spiro atoms. The lowest BCUT2D eigenvalue weighted by molar-refractivity contribution is -0.387. The minimum absolute atomic E-state index is 0.878. The topological polar surface area (TPSA) is 928 Å². The summed E-state index contributed by atoms with van der Waals surface area (Å²) in [5.74, 6) is -4.03. The highest BCUT2D eigenvalue weighted by atomic mass is 16.8. The zero-order valence-corrected chi connectivity index (χ0v) is 71.6. The highest BCUT2D eigenvalue weighted by Gasteiger charge is 2.62. The summed E-state index contributed by atoms with van der Waals surface area (Å²) in [4.78, 5) is 53.1. The van der Waals surface area contributed by atoms with Crippen LogP contribution in [-0.4, -0.2) is 586 Å². The van der Waals surface area contributed by atoms with Gasteiger partial charge in [-0.3, -0.25) is 19.2 Å². The van der Waals surface area contributed by atoms with Crippen LogP contribution in [0.25, 0.3) is 0 Å². The lowest BCUT2D eigenvalue weighted by atomic mass is 9.93. The summed E-state index contributed by atoms with van der Waals surface area (Å²) in [6.07, 6.45) is -107. The quantitative estimate of drug-likeness (QED) is 0.0273. The maximum Gasteiger partial charge on any atom is 0.217 e. The number of hydrogen-bond acceptors (Lipinski definition) is 55. The van der Waals surface area contributed by atoms with Crippen LogP contribution in [0.1, 0.15) is 34.6 Å². The first-order valence-corrected chi connectivity index (χ1v) is 42.4. The Kier molecular flexibility index (Phi) is 40.8. The molecule has 133 heavy (non-hydrogen) atoms. The summed E-state index contributed by atoms with van der Waals surface area (Å²) in [5.41, 5.74) is 0. The van der Waals surface area contributed by atoms with Crippen molar-refractivity contribution in [2.24, 2.45) is 0 Å². The standard InChI is InChI=1S/C74H126N4O55/c1-17-37(94)47(104)51(108)69(116-17)131-62-36(78-21(5)91)66(122-30(14-87)60(62)129-71-53(110)49(106)40(97)25(9-82)119-71)115-16-32-43(100)63(132-67-34(76-19(3)89)46(103)59(29(13-86)123-67)127-70-52(109)48(105)39(96)24(8-81)118-70)56(113)74(125-32)128-58-28(12-85)121-65(33(45(58)102)75-18(2)88)114-15-31-44(101)64(55(112)73(124-31)126-57(23(93)7-80)38(95)22(92)6-79)133-68-35(77-20(4)90)61(42(99)27(11-84)117-68)130-72-54(111)50(107)41(98)26(10-83)120-72/h17,22-74,79-87,92-113H,6-16H2,1-5H3,(H,75,88)(H,76,89)(H,77,90)(H,78,91)/t17-,22-,23+,24+,25+,26+,27+,28+,29+,30+,31+,32+,33+,34+,35+,36+,37+,38+,39-,40-,41-,42+,43-,44-,45+,46+,47+,48-,49-,50-,51-,52+,53+,54+,55+,56+,57+,58+,59+,60+,61+,62+,63-,64-,65+,66+,67-,68-,69-,70-,71-,72-,73-,74-/m0/s1. The van der Waals surface area contributed by atoms with E-state index in [4.69, 9.17) is 94.7 Å². The Labute approximate surface area is 753 Å². The molecule has 10 heterocycles. The van der Waals surface area contributed by atoms with Crippen molar-refractivity contribution in [1.82, 2.24) is 21.3 Å². The predicted molar refractivity (Wildman–Crippen MR) is 410 cm³/mol. The molecular weight excluding hydrogens is 1820 g/mol. The first kappa shape index (κ1) is 111. The SMILES string of the molecule is CC(=O)N[C@H]1[C@H](O[C@H]2[C@@H](O)[C@@H](CO[C@@H]3O[C@H](CO)[C@@H](O[C@@H]4O[C@H](CO)[C@H](O)[C@H](O)[C@H]4O)[C@H](O[C@@H]4O[C@@H](C)[C@@H](O)[C@@H](O)[C@@H]4O)[C@H]3NC(C)=O)O[C@@H](O[C@H]3[C@H](O)[C@@H](NC(C)=O)[C@H](OC[C@H]4O[C@@H](O[C@@H]([C@H](O)[C@@H](O)CO)[C@H](O)CO)[C@H](O)[C@@H](O[C@@H]5O[C@H](CO)[C@@H](O)[C@H](O[C@@H]6O[C@H](CO)[C@H](O)[C@H](O)[C@H]6O)[C@H]5NC(C)=O)[C@H]4O)O[C@@H]3CO)[C@@H]2O)O[C@H](CO)[C@@H](O[C@@H]2O[C@H](CO)[C@H](O)[C@H](O)[C@H]2O)[C@@H]1O. The molecule has 10 saturated heterocycles. The summed E-state index contributed by atoms with van der Waals surface area (Å²) in [6, 6.07) is -8.04.